The van der Waals surface area contributed by atoms with Crippen LogP contribution >= 0.6 is 0 Å². The molecule has 1 saturated heterocycles. The van der Waals surface area contributed by atoms with E-state index in [4.69, 9.17) is 0 Å². The monoisotopic (exact) mass is 150 g/mol. The van der Waals surface area contributed by atoms with E-state index < -0.39 is 0 Å². The van der Waals surface area contributed by atoms with Crippen LogP contribution in [-0.4, -0.2) is 23.8 Å². The second-order valence-corrected chi connectivity index (χ2v) is 3.52. The third kappa shape index (κ3) is 1.17. The Morgan fingerprint density at radius 3 is 2.73 bits per heavy atom. The van der Waals surface area contributed by atoms with Gasteiger partial charge in [0.1, 0.15) is 5.84 Å². The maximum Gasteiger partial charge on any atom is 0.101 e. The Bertz CT molecular complexity index is 198. The SMILES string of the molecule is C=CN=C(C)N1CC2CC2C1. The molecule has 1 aliphatic carbocycles. The van der Waals surface area contributed by atoms with E-state index in [1.165, 1.54) is 19.5 Å². The number of hydrogen-bond acceptors (Lipinski definition) is 1. The first-order chi connectivity index (χ1) is 5.31. The van der Waals surface area contributed by atoms with Crippen molar-refractivity contribution in [1.29, 1.82) is 0 Å². The molecule has 0 amide bonds. The van der Waals surface area contributed by atoms with Crippen LogP contribution in [-0.2, 0) is 0 Å². The van der Waals surface area contributed by atoms with E-state index in [0.717, 1.165) is 17.7 Å². The highest BCUT2D eigenvalue weighted by molar-refractivity contribution is 5.80. The quantitative estimate of drug-likeness (QED) is 0.408. The topological polar surface area (TPSA) is 15.6 Å². The van der Waals surface area contributed by atoms with Gasteiger partial charge in [-0.2, -0.15) is 0 Å². The first-order valence-electron chi connectivity index (χ1n) is 4.21. The summed E-state index contributed by atoms with van der Waals surface area (Å²) in [5, 5.41) is 0. The fourth-order valence-electron chi connectivity index (χ4n) is 1.88. The van der Waals surface area contributed by atoms with Crippen molar-refractivity contribution >= 4 is 5.84 Å². The molecule has 0 aromatic heterocycles. The maximum absolute atomic E-state index is 4.17. The number of nitrogens with zero attached hydrogens (tertiary/aromatic N) is 2. The molecule has 1 aliphatic heterocycles. The van der Waals surface area contributed by atoms with Gasteiger partial charge >= 0.3 is 0 Å². The lowest BCUT2D eigenvalue weighted by Crippen LogP contribution is -2.27. The van der Waals surface area contributed by atoms with Gasteiger partial charge in [0.2, 0.25) is 0 Å². The number of amidine groups is 1. The smallest absolute Gasteiger partial charge is 0.101 e. The van der Waals surface area contributed by atoms with Crippen molar-refractivity contribution in [3.63, 3.8) is 0 Å². The Kier molecular flexibility index (Phi) is 1.48. The first-order valence-corrected chi connectivity index (χ1v) is 4.21. The summed E-state index contributed by atoms with van der Waals surface area (Å²) in [5.41, 5.74) is 0. The lowest BCUT2D eigenvalue weighted by atomic mass is 10.4. The standard InChI is InChI=1S/C9H14N2/c1-3-10-7(2)11-5-8-4-9(8)6-11/h3,8-9H,1,4-6H2,2H3. The molecule has 0 N–H and O–H groups in total. The highest BCUT2D eigenvalue weighted by Gasteiger charge is 2.45. The van der Waals surface area contributed by atoms with Crippen molar-refractivity contribution in [2.24, 2.45) is 16.8 Å². The van der Waals surface area contributed by atoms with E-state index in [1.807, 2.05) is 0 Å². The van der Waals surface area contributed by atoms with Crippen molar-refractivity contribution in [1.82, 2.24) is 4.90 Å². The van der Waals surface area contributed by atoms with Crippen LogP contribution in [0.4, 0.5) is 0 Å². The van der Waals surface area contributed by atoms with Crippen molar-refractivity contribution in [2.75, 3.05) is 13.1 Å². The minimum atomic E-state index is 0.991. The van der Waals surface area contributed by atoms with E-state index in [9.17, 15) is 0 Å². The van der Waals surface area contributed by atoms with Gasteiger partial charge in [0.25, 0.3) is 0 Å². The third-order valence-electron chi connectivity index (χ3n) is 2.71. The van der Waals surface area contributed by atoms with Gasteiger partial charge in [-0.25, -0.2) is 4.99 Å². The van der Waals surface area contributed by atoms with E-state index in [-0.39, 0.29) is 0 Å². The van der Waals surface area contributed by atoms with E-state index in [1.54, 1.807) is 6.20 Å². The zero-order valence-electron chi connectivity index (χ0n) is 6.95. The molecule has 11 heavy (non-hydrogen) atoms. The number of hydrogen-bond donors (Lipinski definition) is 0. The average Bonchev–Trinajstić information content (AvgIpc) is 2.59. The molecule has 2 heteroatoms. The Hall–Kier alpha value is -0.790. The van der Waals surface area contributed by atoms with Gasteiger partial charge in [-0.15, -0.1) is 0 Å². The van der Waals surface area contributed by atoms with Crippen molar-refractivity contribution in [3.05, 3.63) is 12.8 Å². The molecule has 0 aromatic carbocycles. The summed E-state index contributed by atoms with van der Waals surface area (Å²) in [4.78, 5) is 6.53. The van der Waals surface area contributed by atoms with Crippen molar-refractivity contribution in [3.8, 4) is 0 Å². The summed E-state index contributed by atoms with van der Waals surface area (Å²) in [6, 6.07) is 0. The highest BCUT2D eigenvalue weighted by atomic mass is 15.2. The van der Waals surface area contributed by atoms with Crippen molar-refractivity contribution in [2.45, 2.75) is 13.3 Å². The fourth-order valence-corrected chi connectivity index (χ4v) is 1.88. The molecule has 0 spiro atoms. The van der Waals surface area contributed by atoms with Gasteiger partial charge in [0, 0.05) is 19.3 Å². The molecule has 1 heterocycles. The molecule has 2 unspecified atom stereocenters. The van der Waals surface area contributed by atoms with Crippen LogP contribution in [0, 0.1) is 11.8 Å². The summed E-state index contributed by atoms with van der Waals surface area (Å²) < 4.78 is 0. The summed E-state index contributed by atoms with van der Waals surface area (Å²) in [6.07, 6.45) is 3.08. The zero-order valence-corrected chi connectivity index (χ0v) is 6.95. The molecule has 1 saturated carbocycles. The van der Waals surface area contributed by atoms with Crippen LogP contribution in [0.5, 0.6) is 0 Å². The van der Waals surface area contributed by atoms with Gasteiger partial charge in [0.05, 0.1) is 0 Å². The van der Waals surface area contributed by atoms with Crippen LogP contribution < -0.4 is 0 Å². The number of likely N-dealkylation sites (tertiary alicyclic amines) is 1. The van der Waals surface area contributed by atoms with Crippen LogP contribution in [0.2, 0.25) is 0 Å². The summed E-state index contributed by atoms with van der Waals surface area (Å²) in [6.45, 7) is 8.11. The lowest BCUT2D eigenvalue weighted by molar-refractivity contribution is 0.459. The molecule has 0 bridgehead atoms. The molecular weight excluding hydrogens is 136 g/mol. The first kappa shape index (κ1) is 6.89. The predicted molar refractivity (Wildman–Crippen MR) is 46.5 cm³/mol. The van der Waals surface area contributed by atoms with Gasteiger partial charge in [0.15, 0.2) is 0 Å². The van der Waals surface area contributed by atoms with E-state index >= 15 is 0 Å². The number of rotatable bonds is 1. The largest absolute Gasteiger partial charge is 0.360 e. The van der Waals surface area contributed by atoms with Gasteiger partial charge in [-0.3, -0.25) is 0 Å². The third-order valence-corrected chi connectivity index (χ3v) is 2.71. The minimum Gasteiger partial charge on any atom is -0.360 e. The number of aliphatic imine (C=N–C) groups is 1. The minimum absolute atomic E-state index is 0.991. The van der Waals surface area contributed by atoms with Crippen LogP contribution in [0.15, 0.2) is 17.8 Å². The van der Waals surface area contributed by atoms with E-state index in [0.29, 0.717) is 0 Å². The zero-order chi connectivity index (χ0) is 7.84. The van der Waals surface area contributed by atoms with E-state index in [2.05, 4.69) is 23.4 Å². The van der Waals surface area contributed by atoms with Gasteiger partial charge in [-0.1, -0.05) is 6.58 Å². The molecule has 0 radical (unpaired) electrons. The predicted octanol–water partition coefficient (Wildman–Crippen LogP) is 1.50. The van der Waals surface area contributed by atoms with Crippen molar-refractivity contribution < 1.29 is 0 Å². The second kappa shape index (κ2) is 2.36. The fraction of sp³-hybridized carbons (Fsp3) is 0.667. The summed E-state index contributed by atoms with van der Waals surface area (Å²) in [7, 11) is 0. The molecule has 2 atom stereocenters. The Labute approximate surface area is 67.6 Å². The van der Waals surface area contributed by atoms with Gasteiger partial charge in [-0.05, 0) is 25.2 Å². The summed E-state index contributed by atoms with van der Waals surface area (Å²) in [5.74, 6) is 3.11. The molecule has 60 valence electrons. The molecular formula is C9H14N2. The normalized spacial score (nSPS) is 35.4. The highest BCUT2D eigenvalue weighted by Crippen LogP contribution is 2.44. The Morgan fingerprint density at radius 2 is 2.18 bits per heavy atom. The molecule has 2 rings (SSSR count). The summed E-state index contributed by atoms with van der Waals surface area (Å²) >= 11 is 0. The van der Waals surface area contributed by atoms with Crippen LogP contribution in [0.1, 0.15) is 13.3 Å². The molecule has 0 aromatic rings. The maximum atomic E-state index is 4.17. The average molecular weight is 150 g/mol. The Balaban J connectivity index is 1.96. The molecule has 2 fully saturated rings. The van der Waals surface area contributed by atoms with Crippen LogP contribution in [0.25, 0.3) is 0 Å². The molecule has 2 aliphatic rings. The number of fused-ring (bicyclic) bond motifs is 1. The Morgan fingerprint density at radius 1 is 1.55 bits per heavy atom. The molecule has 2 nitrogen and oxygen atoms in total. The van der Waals surface area contributed by atoms with Crippen LogP contribution in [0.3, 0.4) is 0 Å². The second-order valence-electron chi connectivity index (χ2n) is 3.52. The lowest BCUT2D eigenvalue weighted by Gasteiger charge is -2.18. The number of piperidine rings is 1. The van der Waals surface area contributed by atoms with Gasteiger partial charge < -0.3 is 4.90 Å².